The molecular formula is C11H15N3O2. The van der Waals surface area contributed by atoms with Crippen molar-refractivity contribution in [3.63, 3.8) is 0 Å². The summed E-state index contributed by atoms with van der Waals surface area (Å²) in [4.78, 5) is 28.6. The number of hydrogen-bond acceptors (Lipinski definition) is 4. The van der Waals surface area contributed by atoms with Crippen molar-refractivity contribution in [1.82, 2.24) is 9.55 Å². The summed E-state index contributed by atoms with van der Waals surface area (Å²) in [7, 11) is 1.70. The largest absolute Gasteiger partial charge is 0.351 e. The zero-order chi connectivity index (χ0) is 11.5. The minimum absolute atomic E-state index is 0.0282. The third-order valence-corrected chi connectivity index (χ3v) is 2.95. The van der Waals surface area contributed by atoms with Crippen molar-refractivity contribution in [2.75, 3.05) is 18.0 Å². The highest BCUT2D eigenvalue weighted by Crippen LogP contribution is 2.17. The Kier molecular flexibility index (Phi) is 3.03. The van der Waals surface area contributed by atoms with Crippen LogP contribution in [0.15, 0.2) is 17.2 Å². The van der Waals surface area contributed by atoms with Crippen molar-refractivity contribution in [3.05, 3.63) is 22.7 Å². The summed E-state index contributed by atoms with van der Waals surface area (Å²) < 4.78 is 1.51. The van der Waals surface area contributed by atoms with Crippen LogP contribution in [-0.4, -0.2) is 28.9 Å². The highest BCUT2D eigenvalue weighted by atomic mass is 16.1. The Labute approximate surface area is 93.7 Å². The highest BCUT2D eigenvalue weighted by Gasteiger charge is 2.22. The number of anilines is 1. The summed E-state index contributed by atoms with van der Waals surface area (Å²) in [6.45, 7) is 1.41. The number of carbonyl (C=O) groups is 1. The molecule has 1 fully saturated rings. The molecule has 1 aliphatic heterocycles. The molecule has 1 saturated heterocycles. The van der Waals surface area contributed by atoms with E-state index in [-0.39, 0.29) is 11.5 Å². The molecule has 1 aliphatic rings. The molecule has 0 amide bonds. The summed E-state index contributed by atoms with van der Waals surface area (Å²) in [5, 5.41) is 0. The van der Waals surface area contributed by atoms with Gasteiger partial charge < -0.3 is 14.3 Å². The lowest BCUT2D eigenvalue weighted by atomic mass is 10.00. The van der Waals surface area contributed by atoms with Crippen LogP contribution >= 0.6 is 0 Å². The van der Waals surface area contributed by atoms with Gasteiger partial charge in [-0.25, -0.2) is 4.98 Å². The molecule has 1 atom stereocenters. The molecular weight excluding hydrogens is 206 g/mol. The van der Waals surface area contributed by atoms with E-state index < -0.39 is 0 Å². The van der Waals surface area contributed by atoms with Gasteiger partial charge in [0.05, 0.1) is 0 Å². The predicted octanol–water partition coefficient (Wildman–Crippen LogP) is 0.196. The van der Waals surface area contributed by atoms with Gasteiger partial charge in [0.25, 0.3) is 5.56 Å². The number of nitrogens with zero attached hydrogens (tertiary/aromatic N) is 3. The van der Waals surface area contributed by atoms with Crippen LogP contribution in [0, 0.1) is 5.92 Å². The summed E-state index contributed by atoms with van der Waals surface area (Å²) in [6.07, 6.45) is 6.06. The second-order valence-electron chi connectivity index (χ2n) is 4.15. The standard InChI is InChI=1S/C11H15N3O2/c1-13-6-4-12-10(11(13)16)14-5-2-3-9(7-14)8-15/h4,6,8-9H,2-3,5,7H2,1H3. The number of aromatic nitrogens is 2. The number of carbonyl (C=O) groups excluding carboxylic acids is 1. The molecule has 5 nitrogen and oxygen atoms in total. The monoisotopic (exact) mass is 221 g/mol. The third kappa shape index (κ3) is 1.98. The first-order valence-corrected chi connectivity index (χ1v) is 5.44. The Morgan fingerprint density at radius 2 is 2.38 bits per heavy atom. The molecule has 0 spiro atoms. The predicted molar refractivity (Wildman–Crippen MR) is 60.5 cm³/mol. The lowest BCUT2D eigenvalue weighted by Gasteiger charge is -2.30. The van der Waals surface area contributed by atoms with Crippen LogP contribution in [0.4, 0.5) is 5.82 Å². The van der Waals surface area contributed by atoms with Gasteiger partial charge in [0.15, 0.2) is 5.82 Å². The fourth-order valence-corrected chi connectivity index (χ4v) is 2.01. The second-order valence-corrected chi connectivity index (χ2v) is 4.15. The van der Waals surface area contributed by atoms with E-state index in [1.54, 1.807) is 19.4 Å². The molecule has 16 heavy (non-hydrogen) atoms. The molecule has 0 bridgehead atoms. The Bertz CT molecular complexity index is 441. The molecule has 5 heteroatoms. The van der Waals surface area contributed by atoms with Crippen LogP contribution in [0.3, 0.4) is 0 Å². The Morgan fingerprint density at radius 3 is 3.12 bits per heavy atom. The molecule has 1 unspecified atom stereocenters. The lowest BCUT2D eigenvalue weighted by Crippen LogP contribution is -2.40. The Morgan fingerprint density at radius 1 is 1.56 bits per heavy atom. The van der Waals surface area contributed by atoms with Gasteiger partial charge in [-0.15, -0.1) is 0 Å². The van der Waals surface area contributed by atoms with E-state index in [1.807, 2.05) is 4.90 Å². The van der Waals surface area contributed by atoms with Crippen LogP contribution in [-0.2, 0) is 11.8 Å². The molecule has 0 aliphatic carbocycles. The van der Waals surface area contributed by atoms with Gasteiger partial charge in [0.1, 0.15) is 6.29 Å². The molecule has 0 aromatic carbocycles. The van der Waals surface area contributed by atoms with Crippen LogP contribution in [0.1, 0.15) is 12.8 Å². The highest BCUT2D eigenvalue weighted by molar-refractivity contribution is 5.56. The van der Waals surface area contributed by atoms with E-state index in [2.05, 4.69) is 4.98 Å². The SMILES string of the molecule is Cn1ccnc(N2CCCC(C=O)C2)c1=O. The van der Waals surface area contributed by atoms with Crippen molar-refractivity contribution in [1.29, 1.82) is 0 Å². The van der Waals surface area contributed by atoms with Crippen molar-refractivity contribution in [2.24, 2.45) is 13.0 Å². The molecule has 86 valence electrons. The quantitative estimate of drug-likeness (QED) is 0.669. The van der Waals surface area contributed by atoms with Gasteiger partial charge >= 0.3 is 0 Å². The first kappa shape index (κ1) is 10.9. The van der Waals surface area contributed by atoms with Gasteiger partial charge in [-0.3, -0.25) is 4.79 Å². The smallest absolute Gasteiger partial charge is 0.293 e. The molecule has 0 radical (unpaired) electrons. The zero-order valence-corrected chi connectivity index (χ0v) is 9.30. The summed E-state index contributed by atoms with van der Waals surface area (Å²) >= 11 is 0. The second kappa shape index (κ2) is 4.47. The van der Waals surface area contributed by atoms with E-state index in [0.29, 0.717) is 12.4 Å². The number of aryl methyl sites for hydroxylation is 1. The van der Waals surface area contributed by atoms with Gasteiger partial charge in [0.2, 0.25) is 0 Å². The van der Waals surface area contributed by atoms with Crippen LogP contribution in [0.5, 0.6) is 0 Å². The van der Waals surface area contributed by atoms with Gasteiger partial charge in [-0.1, -0.05) is 0 Å². The average molecular weight is 221 g/mol. The van der Waals surface area contributed by atoms with Crippen LogP contribution < -0.4 is 10.5 Å². The van der Waals surface area contributed by atoms with Crippen molar-refractivity contribution in [3.8, 4) is 0 Å². The van der Waals surface area contributed by atoms with Gasteiger partial charge in [-0.05, 0) is 12.8 Å². The van der Waals surface area contributed by atoms with Crippen LogP contribution in [0.2, 0.25) is 0 Å². The lowest BCUT2D eigenvalue weighted by molar-refractivity contribution is -0.111. The van der Waals surface area contributed by atoms with Crippen molar-refractivity contribution in [2.45, 2.75) is 12.8 Å². The summed E-state index contributed by atoms with van der Waals surface area (Å²) in [5.74, 6) is 0.483. The first-order chi connectivity index (χ1) is 7.72. The number of piperidine rings is 1. The van der Waals surface area contributed by atoms with Crippen molar-refractivity contribution < 1.29 is 4.79 Å². The van der Waals surface area contributed by atoms with E-state index in [1.165, 1.54) is 4.57 Å². The zero-order valence-electron chi connectivity index (χ0n) is 9.30. The maximum Gasteiger partial charge on any atom is 0.293 e. The van der Waals surface area contributed by atoms with Gasteiger partial charge in [-0.2, -0.15) is 0 Å². The van der Waals surface area contributed by atoms with E-state index in [4.69, 9.17) is 0 Å². The minimum Gasteiger partial charge on any atom is -0.351 e. The summed E-state index contributed by atoms with van der Waals surface area (Å²) in [5.41, 5.74) is -0.103. The molecule has 1 aromatic heterocycles. The number of rotatable bonds is 2. The molecule has 1 aromatic rings. The van der Waals surface area contributed by atoms with Crippen LogP contribution in [0.25, 0.3) is 0 Å². The molecule has 0 saturated carbocycles. The van der Waals surface area contributed by atoms with E-state index in [9.17, 15) is 9.59 Å². The average Bonchev–Trinajstić information content (AvgIpc) is 2.33. The van der Waals surface area contributed by atoms with E-state index in [0.717, 1.165) is 25.7 Å². The molecule has 2 heterocycles. The topological polar surface area (TPSA) is 55.2 Å². The summed E-state index contributed by atoms with van der Waals surface area (Å²) in [6, 6.07) is 0. The fraction of sp³-hybridized carbons (Fsp3) is 0.545. The molecule has 0 N–H and O–H groups in total. The minimum atomic E-state index is -0.103. The first-order valence-electron chi connectivity index (χ1n) is 5.44. The fourth-order valence-electron chi connectivity index (χ4n) is 2.01. The molecule has 2 rings (SSSR count). The maximum atomic E-state index is 11.8. The normalized spacial score (nSPS) is 20.8. The number of hydrogen-bond donors (Lipinski definition) is 0. The number of aldehydes is 1. The Balaban J connectivity index is 2.27. The van der Waals surface area contributed by atoms with Gasteiger partial charge in [0, 0.05) is 38.4 Å². The van der Waals surface area contributed by atoms with E-state index >= 15 is 0 Å². The Hall–Kier alpha value is -1.65. The van der Waals surface area contributed by atoms with Crippen molar-refractivity contribution >= 4 is 12.1 Å². The maximum absolute atomic E-state index is 11.8. The third-order valence-electron chi connectivity index (χ3n) is 2.95.